The Morgan fingerprint density at radius 3 is 2.64 bits per heavy atom. The van der Waals surface area contributed by atoms with Crippen LogP contribution in [0.4, 0.5) is 5.69 Å². The Morgan fingerprint density at radius 1 is 1.32 bits per heavy atom. The van der Waals surface area contributed by atoms with Gasteiger partial charge in [0.1, 0.15) is 11.6 Å². The molecule has 0 aromatic heterocycles. The average molecular weight is 401 g/mol. The number of carbonyl (C=O) groups excluding carboxylic acids is 1. The van der Waals surface area contributed by atoms with E-state index in [0.29, 0.717) is 15.7 Å². The van der Waals surface area contributed by atoms with Gasteiger partial charge in [-0.25, -0.2) is 0 Å². The van der Waals surface area contributed by atoms with Gasteiger partial charge < -0.3 is 15.2 Å². The van der Waals surface area contributed by atoms with Crippen molar-refractivity contribution in [2.24, 2.45) is 0 Å². The topological polar surface area (TPSA) is 82.3 Å². The lowest BCUT2D eigenvalue weighted by molar-refractivity contribution is -0.112. The minimum absolute atomic E-state index is 0.0373. The summed E-state index contributed by atoms with van der Waals surface area (Å²) in [6.45, 7) is 3.86. The fourth-order valence-electron chi connectivity index (χ4n) is 2.28. The molecule has 0 fully saturated rings. The third-order valence-electron chi connectivity index (χ3n) is 3.59. The summed E-state index contributed by atoms with van der Waals surface area (Å²) < 4.78 is 5.60. The van der Waals surface area contributed by atoms with E-state index in [1.807, 2.05) is 32.0 Å². The van der Waals surface area contributed by atoms with E-state index in [4.69, 9.17) is 4.74 Å². The lowest BCUT2D eigenvalue weighted by atomic mass is 10.1. The highest BCUT2D eigenvalue weighted by molar-refractivity contribution is 9.10. The number of benzene rings is 2. The first-order valence-corrected chi connectivity index (χ1v) is 8.22. The SMILES string of the molecule is COc1cc(/C=C(/C#N)C(=O)Nc2ccc(C)cc2C)c(Br)cc1O. The lowest BCUT2D eigenvalue weighted by Crippen LogP contribution is -2.14. The highest BCUT2D eigenvalue weighted by Gasteiger charge is 2.13. The van der Waals surface area contributed by atoms with Crippen LogP contribution in [-0.4, -0.2) is 18.1 Å². The summed E-state index contributed by atoms with van der Waals surface area (Å²) >= 11 is 3.30. The molecular weight excluding hydrogens is 384 g/mol. The number of phenols is 1. The fourth-order valence-corrected chi connectivity index (χ4v) is 2.73. The number of nitriles is 1. The standard InChI is InChI=1S/C19H17BrN2O3/c1-11-4-5-16(12(2)6-11)22-19(24)14(10-21)7-13-8-18(25-3)17(23)9-15(13)20/h4-9,23H,1-3H3,(H,22,24)/b14-7-. The smallest absolute Gasteiger partial charge is 0.266 e. The minimum atomic E-state index is -0.506. The van der Waals surface area contributed by atoms with Gasteiger partial charge in [0, 0.05) is 10.2 Å². The van der Waals surface area contributed by atoms with Crippen molar-refractivity contribution >= 4 is 33.6 Å². The number of phenolic OH excluding ortho intramolecular Hbond substituents is 1. The van der Waals surface area contributed by atoms with Gasteiger partial charge in [0.05, 0.1) is 7.11 Å². The molecule has 25 heavy (non-hydrogen) atoms. The molecule has 0 spiro atoms. The van der Waals surface area contributed by atoms with E-state index in [0.717, 1.165) is 11.1 Å². The predicted molar refractivity (Wildman–Crippen MR) is 100 cm³/mol. The number of hydrogen-bond acceptors (Lipinski definition) is 4. The second-order valence-electron chi connectivity index (χ2n) is 5.49. The van der Waals surface area contributed by atoms with Crippen LogP contribution < -0.4 is 10.1 Å². The van der Waals surface area contributed by atoms with Crippen molar-refractivity contribution in [2.75, 3.05) is 12.4 Å². The molecule has 2 N–H and O–H groups in total. The Morgan fingerprint density at radius 2 is 2.04 bits per heavy atom. The van der Waals surface area contributed by atoms with Crippen molar-refractivity contribution in [1.82, 2.24) is 0 Å². The molecule has 0 aliphatic carbocycles. The van der Waals surface area contributed by atoms with E-state index < -0.39 is 5.91 Å². The Kier molecular flexibility index (Phi) is 5.84. The third kappa shape index (κ3) is 4.40. The summed E-state index contributed by atoms with van der Waals surface area (Å²) in [5.74, 6) is -0.292. The fraction of sp³-hybridized carbons (Fsp3) is 0.158. The van der Waals surface area contributed by atoms with Gasteiger partial charge in [-0.15, -0.1) is 0 Å². The number of aromatic hydroxyl groups is 1. The van der Waals surface area contributed by atoms with Crippen LogP contribution in [0.5, 0.6) is 11.5 Å². The largest absolute Gasteiger partial charge is 0.504 e. The van der Waals surface area contributed by atoms with Crippen molar-refractivity contribution in [3.63, 3.8) is 0 Å². The number of methoxy groups -OCH3 is 1. The highest BCUT2D eigenvalue weighted by Crippen LogP contribution is 2.33. The summed E-state index contributed by atoms with van der Waals surface area (Å²) in [6, 6.07) is 10.5. The molecule has 0 aliphatic rings. The summed E-state index contributed by atoms with van der Waals surface area (Å²) in [5, 5.41) is 21.8. The van der Waals surface area contributed by atoms with Crippen molar-refractivity contribution in [3.05, 3.63) is 57.1 Å². The maximum absolute atomic E-state index is 12.4. The number of halogens is 1. The first-order valence-electron chi connectivity index (χ1n) is 7.42. The first kappa shape index (κ1) is 18.6. The number of aryl methyl sites for hydroxylation is 2. The molecule has 0 atom stereocenters. The zero-order chi connectivity index (χ0) is 18.6. The van der Waals surface area contributed by atoms with Gasteiger partial charge in [0.2, 0.25) is 0 Å². The molecule has 5 nitrogen and oxygen atoms in total. The monoisotopic (exact) mass is 400 g/mol. The molecule has 0 aliphatic heterocycles. The first-order chi connectivity index (χ1) is 11.8. The molecule has 2 aromatic carbocycles. The molecular formula is C19H17BrN2O3. The molecule has 2 aromatic rings. The third-order valence-corrected chi connectivity index (χ3v) is 4.28. The van der Waals surface area contributed by atoms with Crippen molar-refractivity contribution in [3.8, 4) is 17.6 Å². The number of anilines is 1. The molecule has 0 unspecified atom stereocenters. The van der Waals surface area contributed by atoms with E-state index >= 15 is 0 Å². The van der Waals surface area contributed by atoms with Gasteiger partial charge in [-0.3, -0.25) is 4.79 Å². The van der Waals surface area contributed by atoms with Crippen LogP contribution in [0.15, 0.2) is 40.4 Å². The normalized spacial score (nSPS) is 10.9. The number of rotatable bonds is 4. The highest BCUT2D eigenvalue weighted by atomic mass is 79.9. The van der Waals surface area contributed by atoms with Crippen LogP contribution in [0, 0.1) is 25.2 Å². The van der Waals surface area contributed by atoms with Crippen LogP contribution in [0.2, 0.25) is 0 Å². The molecule has 6 heteroatoms. The summed E-state index contributed by atoms with van der Waals surface area (Å²) in [7, 11) is 1.43. The van der Waals surface area contributed by atoms with Crippen LogP contribution in [-0.2, 0) is 4.79 Å². The molecule has 0 saturated carbocycles. The zero-order valence-electron chi connectivity index (χ0n) is 14.1. The maximum Gasteiger partial charge on any atom is 0.266 e. The predicted octanol–water partition coefficient (Wildman–Crippen LogP) is 4.33. The molecule has 128 valence electrons. The van der Waals surface area contributed by atoms with E-state index in [2.05, 4.69) is 21.2 Å². The maximum atomic E-state index is 12.4. The molecule has 0 radical (unpaired) electrons. The van der Waals surface area contributed by atoms with Gasteiger partial charge >= 0.3 is 0 Å². The zero-order valence-corrected chi connectivity index (χ0v) is 15.6. The van der Waals surface area contributed by atoms with E-state index in [-0.39, 0.29) is 17.1 Å². The Bertz CT molecular complexity index is 898. The van der Waals surface area contributed by atoms with Crippen molar-refractivity contribution in [1.29, 1.82) is 5.26 Å². The lowest BCUT2D eigenvalue weighted by Gasteiger charge is -2.09. The minimum Gasteiger partial charge on any atom is -0.504 e. The number of amides is 1. The second kappa shape index (κ2) is 7.86. The van der Waals surface area contributed by atoms with E-state index in [1.165, 1.54) is 19.3 Å². The van der Waals surface area contributed by atoms with Crippen LogP contribution >= 0.6 is 15.9 Å². The summed E-state index contributed by atoms with van der Waals surface area (Å²) in [4.78, 5) is 12.4. The summed E-state index contributed by atoms with van der Waals surface area (Å²) in [6.07, 6.45) is 1.44. The Balaban J connectivity index is 2.34. The number of carbonyl (C=O) groups is 1. The van der Waals surface area contributed by atoms with Gasteiger partial charge in [-0.05, 0) is 49.2 Å². The Hall–Kier alpha value is -2.78. The van der Waals surface area contributed by atoms with Crippen molar-refractivity contribution in [2.45, 2.75) is 13.8 Å². The van der Waals surface area contributed by atoms with Gasteiger partial charge in [-0.1, -0.05) is 33.6 Å². The van der Waals surface area contributed by atoms with Gasteiger partial charge in [-0.2, -0.15) is 5.26 Å². The molecule has 1 amide bonds. The molecule has 0 heterocycles. The van der Waals surface area contributed by atoms with Crippen LogP contribution in [0.25, 0.3) is 6.08 Å². The van der Waals surface area contributed by atoms with Gasteiger partial charge in [0.25, 0.3) is 5.91 Å². The average Bonchev–Trinajstić information content (AvgIpc) is 2.56. The van der Waals surface area contributed by atoms with Crippen LogP contribution in [0.3, 0.4) is 0 Å². The second-order valence-corrected chi connectivity index (χ2v) is 6.34. The van der Waals surface area contributed by atoms with Crippen LogP contribution in [0.1, 0.15) is 16.7 Å². The number of nitrogens with one attached hydrogen (secondary N) is 1. The summed E-state index contributed by atoms with van der Waals surface area (Å²) in [5.41, 5.74) is 3.14. The van der Waals surface area contributed by atoms with Gasteiger partial charge in [0.15, 0.2) is 11.5 Å². The van der Waals surface area contributed by atoms with Crippen molar-refractivity contribution < 1.29 is 14.6 Å². The van der Waals surface area contributed by atoms with E-state index in [9.17, 15) is 15.2 Å². The number of ether oxygens (including phenoxy) is 1. The Labute approximate surface area is 154 Å². The molecule has 0 bridgehead atoms. The quantitative estimate of drug-likeness (QED) is 0.590. The van der Waals surface area contributed by atoms with E-state index in [1.54, 1.807) is 12.1 Å². The number of nitrogens with zero attached hydrogens (tertiary/aromatic N) is 1. The molecule has 0 saturated heterocycles. The molecule has 2 rings (SSSR count). The number of hydrogen-bond donors (Lipinski definition) is 2.